The van der Waals surface area contributed by atoms with E-state index in [1.807, 2.05) is 12.4 Å². The van der Waals surface area contributed by atoms with Gasteiger partial charge in [0.2, 0.25) is 11.9 Å². The minimum Gasteiger partial charge on any atom is -0.493 e. The van der Waals surface area contributed by atoms with E-state index in [2.05, 4.69) is 27.1 Å². The number of aliphatic hydroxyl groups excluding tert-OH is 3. The number of rotatable bonds is 16. The zero-order chi connectivity index (χ0) is 30.0. The Bertz CT molecular complexity index is 1110. The quantitative estimate of drug-likeness (QED) is 0.218. The molecule has 0 saturated carbocycles. The predicted molar refractivity (Wildman–Crippen MR) is 158 cm³/mol. The van der Waals surface area contributed by atoms with Crippen molar-refractivity contribution in [2.24, 2.45) is 11.8 Å². The number of hydrogen-bond donors (Lipinski definition) is 4. The highest BCUT2D eigenvalue weighted by atomic mass is 19.1. The van der Waals surface area contributed by atoms with Crippen LogP contribution in [0.3, 0.4) is 0 Å². The molecule has 0 atom stereocenters. The van der Waals surface area contributed by atoms with Crippen LogP contribution in [0.15, 0.2) is 30.6 Å². The number of aromatic nitrogens is 2. The lowest BCUT2D eigenvalue weighted by molar-refractivity contribution is -0.136. The molecule has 3 heterocycles. The van der Waals surface area contributed by atoms with Gasteiger partial charge in [-0.3, -0.25) is 4.79 Å². The van der Waals surface area contributed by atoms with E-state index in [-0.39, 0.29) is 38.1 Å². The molecular formula is C31H46FN5O5. The van der Waals surface area contributed by atoms with Crippen molar-refractivity contribution >= 4 is 11.9 Å². The molecule has 2 aromatic rings. The fraction of sp³-hybridized carbons (Fsp3) is 0.645. The van der Waals surface area contributed by atoms with Crippen LogP contribution in [0, 0.1) is 17.7 Å². The zero-order valence-corrected chi connectivity index (χ0v) is 24.7. The summed E-state index contributed by atoms with van der Waals surface area (Å²) < 4.78 is 20.5. The van der Waals surface area contributed by atoms with Gasteiger partial charge in [0.15, 0.2) is 0 Å². The van der Waals surface area contributed by atoms with Gasteiger partial charge >= 0.3 is 0 Å². The molecule has 42 heavy (non-hydrogen) atoms. The summed E-state index contributed by atoms with van der Waals surface area (Å²) in [5.74, 6) is 1.46. The second kappa shape index (κ2) is 15.6. The Morgan fingerprint density at radius 1 is 1.10 bits per heavy atom. The number of carbonyl (C=O) groups is 1. The maximum Gasteiger partial charge on any atom is 0.227 e. The van der Waals surface area contributed by atoms with Gasteiger partial charge in [0.25, 0.3) is 0 Å². The van der Waals surface area contributed by atoms with Crippen LogP contribution in [-0.2, 0) is 17.6 Å². The summed E-state index contributed by atoms with van der Waals surface area (Å²) in [4.78, 5) is 25.6. The van der Waals surface area contributed by atoms with Gasteiger partial charge in [-0.2, -0.15) is 0 Å². The van der Waals surface area contributed by atoms with Crippen LogP contribution in [0.4, 0.5) is 10.3 Å². The van der Waals surface area contributed by atoms with E-state index in [1.165, 1.54) is 11.6 Å². The molecule has 4 N–H and O–H groups in total. The summed E-state index contributed by atoms with van der Waals surface area (Å²) >= 11 is 0. The SMILES string of the molecule is CCCc1cnc(N2CCC(CCCOc3ccc(CC(=O)N4CC(CNC(CO)(CO)CO)C4)c(F)c3)CC2)nc1. The van der Waals surface area contributed by atoms with Crippen LogP contribution in [0.2, 0.25) is 0 Å². The van der Waals surface area contributed by atoms with E-state index in [0.717, 1.165) is 57.6 Å². The molecule has 2 aliphatic rings. The van der Waals surface area contributed by atoms with Crippen LogP contribution in [0.5, 0.6) is 5.75 Å². The number of carbonyl (C=O) groups excluding carboxylic acids is 1. The van der Waals surface area contributed by atoms with E-state index in [1.54, 1.807) is 17.0 Å². The third-order valence-corrected chi connectivity index (χ3v) is 8.50. The molecule has 0 radical (unpaired) electrons. The highest BCUT2D eigenvalue weighted by Gasteiger charge is 2.34. The fourth-order valence-corrected chi connectivity index (χ4v) is 5.53. The number of amides is 1. The fourth-order valence-electron chi connectivity index (χ4n) is 5.53. The Labute approximate surface area is 247 Å². The van der Waals surface area contributed by atoms with Crippen LogP contribution < -0.4 is 15.0 Å². The predicted octanol–water partition coefficient (Wildman–Crippen LogP) is 1.95. The van der Waals surface area contributed by atoms with E-state index in [4.69, 9.17) is 4.74 Å². The van der Waals surface area contributed by atoms with Gasteiger partial charge in [0.1, 0.15) is 11.6 Å². The first-order valence-corrected chi connectivity index (χ1v) is 15.2. The van der Waals surface area contributed by atoms with Crippen molar-refractivity contribution in [2.75, 3.05) is 64.1 Å². The lowest BCUT2D eigenvalue weighted by Gasteiger charge is -2.41. The van der Waals surface area contributed by atoms with Crippen molar-refractivity contribution in [1.29, 1.82) is 0 Å². The van der Waals surface area contributed by atoms with Crippen LogP contribution in [0.1, 0.15) is 50.2 Å². The molecule has 232 valence electrons. The lowest BCUT2D eigenvalue weighted by atomic mass is 9.92. The van der Waals surface area contributed by atoms with Gasteiger partial charge in [-0.05, 0) is 55.2 Å². The molecule has 1 aromatic heterocycles. The first-order valence-electron chi connectivity index (χ1n) is 15.2. The number of likely N-dealkylation sites (tertiary alicyclic amines) is 1. The van der Waals surface area contributed by atoms with Gasteiger partial charge in [-0.25, -0.2) is 14.4 Å². The number of ether oxygens (including phenoxy) is 1. The first kappa shape index (κ1) is 32.1. The standard InChI is InChI=1S/C31H46FN5O5/c1-2-4-24-15-33-30(34-16-24)36-10-8-23(9-11-36)5-3-12-42-27-7-6-26(28(32)14-27)13-29(41)37-18-25(19-37)17-35-31(20-38,21-39)22-40/h6-7,14-16,23,25,35,38-40H,2-5,8-13,17-22H2,1H3. The molecular weight excluding hydrogens is 541 g/mol. The molecule has 4 rings (SSSR count). The molecule has 10 nitrogen and oxygen atoms in total. The molecule has 0 spiro atoms. The molecule has 1 amide bonds. The minimum atomic E-state index is -1.13. The van der Waals surface area contributed by atoms with Gasteiger partial charge in [-0.15, -0.1) is 0 Å². The van der Waals surface area contributed by atoms with E-state index >= 15 is 0 Å². The second-order valence-corrected chi connectivity index (χ2v) is 11.8. The molecule has 2 fully saturated rings. The number of aliphatic hydroxyl groups is 3. The monoisotopic (exact) mass is 587 g/mol. The number of nitrogens with one attached hydrogen (secondary N) is 1. The lowest BCUT2D eigenvalue weighted by Crippen LogP contribution is -2.60. The summed E-state index contributed by atoms with van der Waals surface area (Å²) in [5, 5.41) is 31.2. The summed E-state index contributed by atoms with van der Waals surface area (Å²) in [6, 6.07) is 4.69. The van der Waals surface area contributed by atoms with Crippen molar-refractivity contribution in [3.05, 3.63) is 47.5 Å². The molecule has 0 bridgehead atoms. The van der Waals surface area contributed by atoms with Gasteiger partial charge in [0.05, 0.1) is 38.4 Å². The van der Waals surface area contributed by atoms with E-state index < -0.39 is 11.4 Å². The summed E-state index contributed by atoms with van der Waals surface area (Å²) in [7, 11) is 0. The molecule has 2 aliphatic heterocycles. The number of halogens is 1. The number of aryl methyl sites for hydroxylation is 1. The molecule has 11 heteroatoms. The molecule has 0 unspecified atom stereocenters. The van der Waals surface area contributed by atoms with Crippen LogP contribution in [0.25, 0.3) is 0 Å². The van der Waals surface area contributed by atoms with Crippen LogP contribution >= 0.6 is 0 Å². The summed E-state index contributed by atoms with van der Waals surface area (Å²) in [6.07, 6.45) is 10.1. The van der Waals surface area contributed by atoms with E-state index in [9.17, 15) is 24.5 Å². The molecule has 0 aliphatic carbocycles. The Kier molecular flexibility index (Phi) is 11.9. The average molecular weight is 588 g/mol. The maximum atomic E-state index is 14.7. The minimum absolute atomic E-state index is 0.0211. The third-order valence-electron chi connectivity index (χ3n) is 8.50. The molecule has 1 aromatic carbocycles. The van der Waals surface area contributed by atoms with E-state index in [0.29, 0.717) is 43.5 Å². The number of piperidine rings is 1. The van der Waals surface area contributed by atoms with Crippen molar-refractivity contribution < 1.29 is 29.2 Å². The second-order valence-electron chi connectivity index (χ2n) is 11.8. The Balaban J connectivity index is 1.11. The largest absolute Gasteiger partial charge is 0.493 e. The maximum absolute atomic E-state index is 14.7. The van der Waals surface area contributed by atoms with Crippen molar-refractivity contribution in [2.45, 2.75) is 57.4 Å². The zero-order valence-electron chi connectivity index (χ0n) is 24.7. The van der Waals surface area contributed by atoms with Gasteiger partial charge < -0.3 is 35.2 Å². The highest BCUT2D eigenvalue weighted by molar-refractivity contribution is 5.79. The van der Waals surface area contributed by atoms with Gasteiger partial charge in [-0.1, -0.05) is 19.4 Å². The normalized spacial score (nSPS) is 16.5. The van der Waals surface area contributed by atoms with Crippen LogP contribution in [-0.4, -0.2) is 101 Å². The number of benzene rings is 1. The van der Waals surface area contributed by atoms with Gasteiger partial charge in [0, 0.05) is 57.1 Å². The topological polar surface area (TPSA) is 131 Å². The highest BCUT2D eigenvalue weighted by Crippen LogP contribution is 2.25. The van der Waals surface area contributed by atoms with Crippen molar-refractivity contribution in [3.8, 4) is 5.75 Å². The average Bonchev–Trinajstić information content (AvgIpc) is 2.99. The molecule has 2 saturated heterocycles. The smallest absolute Gasteiger partial charge is 0.227 e. The van der Waals surface area contributed by atoms with Crippen molar-refractivity contribution in [3.63, 3.8) is 0 Å². The summed E-state index contributed by atoms with van der Waals surface area (Å²) in [6.45, 7) is 4.88. The first-order chi connectivity index (χ1) is 20.4. The number of nitrogens with zero attached hydrogens (tertiary/aromatic N) is 4. The Morgan fingerprint density at radius 2 is 1.79 bits per heavy atom. The number of anilines is 1. The summed E-state index contributed by atoms with van der Waals surface area (Å²) in [5.41, 5.74) is 0.386. The van der Waals surface area contributed by atoms with Crippen molar-refractivity contribution in [1.82, 2.24) is 20.2 Å². The Hall–Kier alpha value is -2.86. The number of hydrogen-bond acceptors (Lipinski definition) is 9. The Morgan fingerprint density at radius 3 is 2.40 bits per heavy atom. The third kappa shape index (κ3) is 8.59.